The fraction of sp³-hybridized carbons (Fsp3) is 0.652. The number of benzene rings is 1. The van der Waals surface area contributed by atoms with Crippen LogP contribution in [0.25, 0.3) is 0 Å². The zero-order chi connectivity index (χ0) is 21.6. The number of carbonyl (C=O) groups is 1. The van der Waals surface area contributed by atoms with Crippen LogP contribution in [-0.2, 0) is 22.6 Å². The van der Waals surface area contributed by atoms with Crippen molar-refractivity contribution in [3.8, 4) is 5.75 Å². The number of amides is 1. The lowest BCUT2D eigenvalue weighted by atomic mass is 9.88. The molecule has 7 nitrogen and oxygen atoms in total. The van der Waals surface area contributed by atoms with Gasteiger partial charge >= 0.3 is 0 Å². The first kappa shape index (κ1) is 21.9. The van der Waals surface area contributed by atoms with Gasteiger partial charge in [0.1, 0.15) is 11.6 Å². The highest BCUT2D eigenvalue weighted by molar-refractivity contribution is 5.81. The van der Waals surface area contributed by atoms with Gasteiger partial charge in [-0.2, -0.15) is 0 Å². The standard InChI is InChI=1S/C23H33FN4O3/c1-25-23(26-9-7-17-11-19(24)12-18-14-30-15-31-21(17)18)27-20-8-10-28(13-20)22(29)16-5-3-2-4-6-16/h11-12,16,20H,2-10,13-15H2,1H3,(H2,25,26,27). The molecular weight excluding hydrogens is 399 g/mol. The van der Waals surface area contributed by atoms with Gasteiger partial charge in [-0.3, -0.25) is 9.79 Å². The lowest BCUT2D eigenvalue weighted by Gasteiger charge is -2.26. The van der Waals surface area contributed by atoms with Crippen LogP contribution in [0.2, 0.25) is 0 Å². The first-order valence-corrected chi connectivity index (χ1v) is 11.4. The van der Waals surface area contributed by atoms with E-state index in [0.717, 1.165) is 49.2 Å². The van der Waals surface area contributed by atoms with Gasteiger partial charge in [0.25, 0.3) is 0 Å². The summed E-state index contributed by atoms with van der Waals surface area (Å²) in [4.78, 5) is 19.1. The number of ether oxygens (including phenoxy) is 2. The average molecular weight is 433 g/mol. The van der Waals surface area contributed by atoms with Gasteiger partial charge in [0.15, 0.2) is 12.8 Å². The van der Waals surface area contributed by atoms with Crippen molar-refractivity contribution in [2.24, 2.45) is 10.9 Å². The number of hydrogen-bond acceptors (Lipinski definition) is 4. The highest BCUT2D eigenvalue weighted by Crippen LogP contribution is 2.30. The number of nitrogens with one attached hydrogen (secondary N) is 2. The summed E-state index contributed by atoms with van der Waals surface area (Å²) < 4.78 is 24.7. The predicted octanol–water partition coefficient (Wildman–Crippen LogP) is 2.58. The maximum absolute atomic E-state index is 13.9. The Hall–Kier alpha value is -2.35. The summed E-state index contributed by atoms with van der Waals surface area (Å²) >= 11 is 0. The Kier molecular flexibility index (Phi) is 7.27. The Bertz CT molecular complexity index is 810. The third-order valence-electron chi connectivity index (χ3n) is 6.46. The Morgan fingerprint density at radius 1 is 1.26 bits per heavy atom. The van der Waals surface area contributed by atoms with Crippen molar-refractivity contribution in [2.75, 3.05) is 33.5 Å². The molecule has 1 saturated heterocycles. The number of aliphatic imine (C=N–C) groups is 1. The number of guanidine groups is 1. The summed E-state index contributed by atoms with van der Waals surface area (Å²) in [5.41, 5.74) is 1.57. The number of hydrogen-bond donors (Lipinski definition) is 2. The second-order valence-electron chi connectivity index (χ2n) is 8.66. The van der Waals surface area contributed by atoms with Gasteiger partial charge in [-0.25, -0.2) is 4.39 Å². The highest BCUT2D eigenvalue weighted by atomic mass is 19.1. The van der Waals surface area contributed by atoms with E-state index in [0.29, 0.717) is 31.4 Å². The quantitative estimate of drug-likeness (QED) is 0.553. The molecule has 1 aromatic rings. The molecule has 0 aromatic heterocycles. The maximum Gasteiger partial charge on any atom is 0.225 e. The summed E-state index contributed by atoms with van der Waals surface area (Å²) in [6.07, 6.45) is 7.22. The minimum atomic E-state index is -0.279. The van der Waals surface area contributed by atoms with Gasteiger partial charge < -0.3 is 25.0 Å². The zero-order valence-electron chi connectivity index (χ0n) is 18.3. The molecule has 2 heterocycles. The van der Waals surface area contributed by atoms with E-state index in [1.54, 1.807) is 7.05 Å². The summed E-state index contributed by atoms with van der Waals surface area (Å²) in [7, 11) is 1.74. The molecule has 31 heavy (non-hydrogen) atoms. The first-order valence-electron chi connectivity index (χ1n) is 11.4. The second-order valence-corrected chi connectivity index (χ2v) is 8.66. The zero-order valence-corrected chi connectivity index (χ0v) is 18.3. The molecule has 4 rings (SSSR count). The SMILES string of the molecule is CN=C(NCCc1cc(F)cc2c1OCOC2)NC1CCN(C(=O)C2CCCCC2)C1. The van der Waals surface area contributed by atoms with Gasteiger partial charge in [-0.1, -0.05) is 19.3 Å². The summed E-state index contributed by atoms with van der Waals surface area (Å²) in [5, 5.41) is 6.74. The highest BCUT2D eigenvalue weighted by Gasteiger charge is 2.31. The lowest BCUT2D eigenvalue weighted by molar-refractivity contribution is -0.135. The molecule has 2 aliphatic heterocycles. The summed E-state index contributed by atoms with van der Waals surface area (Å²) in [5.74, 6) is 1.69. The van der Waals surface area contributed by atoms with Crippen LogP contribution in [0.15, 0.2) is 17.1 Å². The molecule has 0 spiro atoms. The van der Waals surface area contributed by atoms with Crippen LogP contribution in [0.1, 0.15) is 49.7 Å². The van der Waals surface area contributed by atoms with E-state index in [4.69, 9.17) is 9.47 Å². The number of carbonyl (C=O) groups excluding carboxylic acids is 1. The van der Waals surface area contributed by atoms with Crippen LogP contribution in [0.3, 0.4) is 0 Å². The van der Waals surface area contributed by atoms with Crippen LogP contribution in [0, 0.1) is 11.7 Å². The Morgan fingerprint density at radius 2 is 2.10 bits per heavy atom. The number of fused-ring (bicyclic) bond motifs is 1. The Morgan fingerprint density at radius 3 is 2.90 bits per heavy atom. The predicted molar refractivity (Wildman–Crippen MR) is 116 cm³/mol. The van der Waals surface area contributed by atoms with Gasteiger partial charge in [0.2, 0.25) is 5.91 Å². The van der Waals surface area contributed by atoms with Crippen molar-refractivity contribution >= 4 is 11.9 Å². The van der Waals surface area contributed by atoms with Gasteiger partial charge in [0, 0.05) is 44.2 Å². The number of rotatable bonds is 5. The van der Waals surface area contributed by atoms with Crippen molar-refractivity contribution in [2.45, 2.75) is 57.6 Å². The van der Waals surface area contributed by atoms with E-state index in [1.165, 1.54) is 31.4 Å². The molecule has 1 unspecified atom stereocenters. The topological polar surface area (TPSA) is 75.2 Å². The molecule has 8 heteroatoms. The average Bonchev–Trinajstić information content (AvgIpc) is 3.26. The molecule has 0 radical (unpaired) electrons. The minimum Gasteiger partial charge on any atom is -0.467 e. The van der Waals surface area contributed by atoms with Crippen molar-refractivity contribution < 1.29 is 18.7 Å². The molecule has 1 amide bonds. The molecular formula is C23H33FN4O3. The van der Waals surface area contributed by atoms with E-state index in [-0.39, 0.29) is 24.6 Å². The fourth-order valence-corrected chi connectivity index (χ4v) is 4.83. The molecule has 1 aromatic carbocycles. The smallest absolute Gasteiger partial charge is 0.225 e. The van der Waals surface area contributed by atoms with E-state index >= 15 is 0 Å². The van der Waals surface area contributed by atoms with Crippen LogP contribution >= 0.6 is 0 Å². The molecule has 2 N–H and O–H groups in total. The molecule has 2 fully saturated rings. The van der Waals surface area contributed by atoms with E-state index in [1.807, 2.05) is 4.90 Å². The summed E-state index contributed by atoms with van der Waals surface area (Å²) in [6, 6.07) is 3.18. The van der Waals surface area contributed by atoms with E-state index < -0.39 is 0 Å². The first-order chi connectivity index (χ1) is 15.1. The van der Waals surface area contributed by atoms with Crippen molar-refractivity contribution in [1.82, 2.24) is 15.5 Å². The molecule has 170 valence electrons. The number of nitrogens with zero attached hydrogens (tertiary/aromatic N) is 2. The van der Waals surface area contributed by atoms with Crippen LogP contribution in [0.5, 0.6) is 5.75 Å². The third kappa shape index (κ3) is 5.47. The summed E-state index contributed by atoms with van der Waals surface area (Å²) in [6.45, 7) is 2.69. The second kappa shape index (κ2) is 10.3. The van der Waals surface area contributed by atoms with Gasteiger partial charge in [0.05, 0.1) is 6.61 Å². The van der Waals surface area contributed by atoms with E-state index in [9.17, 15) is 9.18 Å². The molecule has 1 atom stereocenters. The van der Waals surface area contributed by atoms with Crippen LogP contribution < -0.4 is 15.4 Å². The Balaban J connectivity index is 1.25. The van der Waals surface area contributed by atoms with Gasteiger partial charge in [-0.15, -0.1) is 0 Å². The Labute approximate surface area is 183 Å². The van der Waals surface area contributed by atoms with E-state index in [2.05, 4.69) is 15.6 Å². The normalized spacial score (nSPS) is 22.1. The van der Waals surface area contributed by atoms with Crippen molar-refractivity contribution in [1.29, 1.82) is 0 Å². The fourth-order valence-electron chi connectivity index (χ4n) is 4.83. The largest absolute Gasteiger partial charge is 0.467 e. The van der Waals surface area contributed by atoms with Gasteiger partial charge in [-0.05, 0) is 43.4 Å². The molecule has 1 aliphatic carbocycles. The van der Waals surface area contributed by atoms with Crippen molar-refractivity contribution in [3.63, 3.8) is 0 Å². The number of halogens is 1. The minimum absolute atomic E-state index is 0.194. The van der Waals surface area contributed by atoms with Crippen LogP contribution in [0.4, 0.5) is 4.39 Å². The number of likely N-dealkylation sites (tertiary alicyclic amines) is 1. The molecule has 0 bridgehead atoms. The molecule has 1 saturated carbocycles. The molecule has 3 aliphatic rings. The lowest BCUT2D eigenvalue weighted by Crippen LogP contribution is -2.46. The third-order valence-corrected chi connectivity index (χ3v) is 6.46. The van der Waals surface area contributed by atoms with Crippen molar-refractivity contribution in [3.05, 3.63) is 29.1 Å². The maximum atomic E-state index is 13.9. The monoisotopic (exact) mass is 432 g/mol. The van der Waals surface area contributed by atoms with Crippen LogP contribution in [-0.4, -0.2) is 56.3 Å².